The third-order valence-electron chi connectivity index (χ3n) is 5.46. The normalized spacial score (nSPS) is 14.7. The monoisotopic (exact) mass is 451 g/mol. The van der Waals surface area contributed by atoms with Crippen LogP contribution in [-0.2, 0) is 16.1 Å². The number of likely N-dealkylation sites (tertiary alicyclic amines) is 1. The second-order valence-electron chi connectivity index (χ2n) is 7.32. The van der Waals surface area contributed by atoms with Gasteiger partial charge >= 0.3 is 5.97 Å². The maximum atomic E-state index is 12.6. The fraction of sp³-hybridized carbons (Fsp3) is 0.250. The van der Waals surface area contributed by atoms with Crippen LogP contribution in [0.25, 0.3) is 10.8 Å². The van der Waals surface area contributed by atoms with Gasteiger partial charge in [-0.3, -0.25) is 9.59 Å². The highest BCUT2D eigenvalue weighted by Crippen LogP contribution is 2.23. The summed E-state index contributed by atoms with van der Waals surface area (Å²) in [5.74, 6) is -0.312. The Labute approximate surface area is 178 Å². The lowest BCUT2D eigenvalue weighted by molar-refractivity contribution is -0.151. The summed E-state index contributed by atoms with van der Waals surface area (Å²) in [7, 11) is 0. The number of fused-ring (bicyclic) bond motifs is 1. The van der Waals surface area contributed by atoms with E-state index in [1.165, 1.54) is 0 Å². The minimum Gasteiger partial charge on any atom is -0.461 e. The van der Waals surface area contributed by atoms with Gasteiger partial charge in [0, 0.05) is 23.1 Å². The molecule has 0 aliphatic carbocycles. The van der Waals surface area contributed by atoms with E-state index in [2.05, 4.69) is 28.1 Å². The number of hydrogen-bond acceptors (Lipinski definition) is 3. The summed E-state index contributed by atoms with van der Waals surface area (Å²) < 4.78 is 6.57. The van der Waals surface area contributed by atoms with E-state index in [0.717, 1.165) is 20.8 Å². The molecule has 1 heterocycles. The summed E-state index contributed by atoms with van der Waals surface area (Å²) in [6.45, 7) is 1.42. The van der Waals surface area contributed by atoms with Crippen molar-refractivity contribution in [1.29, 1.82) is 0 Å². The molecule has 4 rings (SSSR count). The van der Waals surface area contributed by atoms with E-state index in [4.69, 9.17) is 4.74 Å². The number of nitrogens with zero attached hydrogens (tertiary/aromatic N) is 1. The van der Waals surface area contributed by atoms with Crippen molar-refractivity contribution in [2.75, 3.05) is 13.1 Å². The van der Waals surface area contributed by atoms with E-state index in [9.17, 15) is 9.59 Å². The van der Waals surface area contributed by atoms with Gasteiger partial charge in [-0.1, -0.05) is 58.4 Å². The Morgan fingerprint density at radius 1 is 0.931 bits per heavy atom. The number of halogens is 1. The van der Waals surface area contributed by atoms with Crippen molar-refractivity contribution < 1.29 is 14.3 Å². The first-order valence-corrected chi connectivity index (χ1v) is 10.6. The first kappa shape index (κ1) is 19.6. The molecule has 4 nitrogen and oxygen atoms in total. The number of hydrogen-bond donors (Lipinski definition) is 0. The van der Waals surface area contributed by atoms with E-state index in [1.54, 1.807) is 0 Å². The zero-order valence-corrected chi connectivity index (χ0v) is 17.6. The molecule has 0 bridgehead atoms. The van der Waals surface area contributed by atoms with Crippen LogP contribution < -0.4 is 0 Å². The summed E-state index contributed by atoms with van der Waals surface area (Å²) in [6.07, 6.45) is 1.27. The van der Waals surface area contributed by atoms with Gasteiger partial charge in [-0.25, -0.2) is 0 Å². The number of carbonyl (C=O) groups is 2. The smallest absolute Gasteiger partial charge is 0.309 e. The molecule has 3 aromatic rings. The van der Waals surface area contributed by atoms with Crippen molar-refractivity contribution in [2.45, 2.75) is 19.4 Å². The Morgan fingerprint density at radius 3 is 2.38 bits per heavy atom. The van der Waals surface area contributed by atoms with Crippen LogP contribution in [0.4, 0.5) is 0 Å². The molecule has 0 aromatic heterocycles. The van der Waals surface area contributed by atoms with Crippen molar-refractivity contribution in [3.05, 3.63) is 82.3 Å². The maximum Gasteiger partial charge on any atom is 0.309 e. The number of amides is 1. The quantitative estimate of drug-likeness (QED) is 0.512. The molecule has 1 amide bonds. The third-order valence-corrected chi connectivity index (χ3v) is 5.99. The molecule has 1 saturated heterocycles. The van der Waals surface area contributed by atoms with Crippen LogP contribution in [0.15, 0.2) is 71.2 Å². The van der Waals surface area contributed by atoms with E-state index in [-0.39, 0.29) is 24.4 Å². The van der Waals surface area contributed by atoms with Crippen LogP contribution in [0.2, 0.25) is 0 Å². The minimum atomic E-state index is -0.173. The Kier molecular flexibility index (Phi) is 5.95. The SMILES string of the molecule is O=C(OCc1cccc2ccccc12)C1CCN(C(=O)c2ccc(Br)cc2)CC1. The topological polar surface area (TPSA) is 46.6 Å². The number of ether oxygens (including phenoxy) is 1. The Hall–Kier alpha value is -2.66. The fourth-order valence-corrected chi connectivity index (χ4v) is 4.04. The molecule has 0 spiro atoms. The Morgan fingerprint density at radius 2 is 1.62 bits per heavy atom. The third kappa shape index (κ3) is 4.51. The summed E-state index contributed by atoms with van der Waals surface area (Å²) in [5.41, 5.74) is 1.68. The molecule has 0 saturated carbocycles. The van der Waals surface area contributed by atoms with E-state index >= 15 is 0 Å². The van der Waals surface area contributed by atoms with Crippen LogP contribution in [0.5, 0.6) is 0 Å². The van der Waals surface area contributed by atoms with Crippen LogP contribution in [0.3, 0.4) is 0 Å². The molecule has 3 aromatic carbocycles. The predicted octanol–water partition coefficient (Wildman–Crippen LogP) is 5.20. The van der Waals surface area contributed by atoms with Crippen LogP contribution in [0, 0.1) is 5.92 Å². The molecular formula is C24H22BrNO3. The number of piperidine rings is 1. The van der Waals surface area contributed by atoms with Crippen molar-refractivity contribution in [1.82, 2.24) is 4.90 Å². The van der Waals surface area contributed by atoms with E-state index in [0.29, 0.717) is 31.5 Å². The predicted molar refractivity (Wildman–Crippen MR) is 117 cm³/mol. The number of esters is 1. The highest BCUT2D eigenvalue weighted by Gasteiger charge is 2.28. The molecule has 5 heteroatoms. The fourth-order valence-electron chi connectivity index (χ4n) is 3.78. The first-order chi connectivity index (χ1) is 14.1. The summed E-state index contributed by atoms with van der Waals surface area (Å²) in [6, 6.07) is 21.5. The maximum absolute atomic E-state index is 12.6. The van der Waals surface area contributed by atoms with Gasteiger partial charge in [-0.2, -0.15) is 0 Å². The van der Waals surface area contributed by atoms with Gasteiger partial charge in [0.1, 0.15) is 6.61 Å². The van der Waals surface area contributed by atoms with Gasteiger partial charge in [-0.05, 0) is 53.4 Å². The number of carbonyl (C=O) groups excluding carboxylic acids is 2. The van der Waals surface area contributed by atoms with Crippen LogP contribution in [0.1, 0.15) is 28.8 Å². The highest BCUT2D eigenvalue weighted by atomic mass is 79.9. The van der Waals surface area contributed by atoms with Gasteiger partial charge < -0.3 is 9.64 Å². The second-order valence-corrected chi connectivity index (χ2v) is 8.24. The molecule has 0 unspecified atom stereocenters. The van der Waals surface area contributed by atoms with Crippen molar-refractivity contribution in [2.24, 2.45) is 5.92 Å². The first-order valence-electron chi connectivity index (χ1n) is 9.80. The zero-order chi connectivity index (χ0) is 20.2. The average Bonchev–Trinajstić information content (AvgIpc) is 2.77. The minimum absolute atomic E-state index is 0.0140. The molecule has 0 atom stereocenters. The lowest BCUT2D eigenvalue weighted by atomic mass is 9.96. The Balaban J connectivity index is 1.32. The Bertz CT molecular complexity index is 1020. The molecule has 1 aliphatic rings. The van der Waals surface area contributed by atoms with E-state index in [1.807, 2.05) is 59.5 Å². The van der Waals surface area contributed by atoms with Crippen LogP contribution >= 0.6 is 15.9 Å². The molecule has 1 aliphatic heterocycles. The molecule has 0 N–H and O–H groups in total. The van der Waals surface area contributed by atoms with Gasteiger partial charge in [0.15, 0.2) is 0 Å². The van der Waals surface area contributed by atoms with Crippen molar-refractivity contribution >= 4 is 38.6 Å². The van der Waals surface area contributed by atoms with Gasteiger partial charge in [0.25, 0.3) is 5.91 Å². The summed E-state index contributed by atoms with van der Waals surface area (Å²) in [4.78, 5) is 27.0. The number of benzene rings is 3. The standard InChI is InChI=1S/C24H22BrNO3/c25-21-10-8-18(9-11-21)23(27)26-14-12-19(13-15-26)24(28)29-16-20-6-3-5-17-4-1-2-7-22(17)20/h1-11,19H,12-16H2. The average molecular weight is 452 g/mol. The lowest BCUT2D eigenvalue weighted by Gasteiger charge is -2.31. The molecule has 1 fully saturated rings. The summed E-state index contributed by atoms with van der Waals surface area (Å²) in [5, 5.41) is 2.25. The van der Waals surface area contributed by atoms with E-state index < -0.39 is 0 Å². The molecule has 0 radical (unpaired) electrons. The summed E-state index contributed by atoms with van der Waals surface area (Å²) >= 11 is 3.38. The van der Waals surface area contributed by atoms with Gasteiger partial charge in [0.05, 0.1) is 5.92 Å². The van der Waals surface area contributed by atoms with Gasteiger partial charge in [0.2, 0.25) is 0 Å². The second kappa shape index (κ2) is 8.78. The zero-order valence-electron chi connectivity index (χ0n) is 16.0. The lowest BCUT2D eigenvalue weighted by Crippen LogP contribution is -2.40. The molecule has 148 valence electrons. The largest absolute Gasteiger partial charge is 0.461 e. The molecule has 29 heavy (non-hydrogen) atoms. The van der Waals surface area contributed by atoms with Crippen LogP contribution in [-0.4, -0.2) is 29.9 Å². The highest BCUT2D eigenvalue weighted by molar-refractivity contribution is 9.10. The van der Waals surface area contributed by atoms with Gasteiger partial charge in [-0.15, -0.1) is 0 Å². The molecular weight excluding hydrogens is 430 g/mol. The van der Waals surface area contributed by atoms with Crippen molar-refractivity contribution in [3.8, 4) is 0 Å². The number of rotatable bonds is 4. The van der Waals surface area contributed by atoms with Crippen molar-refractivity contribution in [3.63, 3.8) is 0 Å².